The SMILES string of the molecule is Cc1ccc2nc(CSCC(=O)Nc3cccc(-c4nc(C)cc(=O)[nH]4)c3)cn2c1. The first-order valence-corrected chi connectivity index (χ1v) is 10.6. The average molecular weight is 420 g/mol. The van der Waals surface area contributed by atoms with Crippen molar-refractivity contribution in [3.05, 3.63) is 82.2 Å². The summed E-state index contributed by atoms with van der Waals surface area (Å²) in [6.45, 7) is 3.81. The highest BCUT2D eigenvalue weighted by atomic mass is 32.2. The molecule has 3 aromatic heterocycles. The largest absolute Gasteiger partial charge is 0.325 e. The Bertz CT molecular complexity index is 1280. The van der Waals surface area contributed by atoms with Crippen LogP contribution in [0.3, 0.4) is 0 Å². The molecule has 0 radical (unpaired) electrons. The van der Waals surface area contributed by atoms with Crippen molar-refractivity contribution in [2.24, 2.45) is 0 Å². The zero-order valence-corrected chi connectivity index (χ0v) is 17.5. The minimum absolute atomic E-state index is 0.0950. The number of thioether (sulfide) groups is 1. The number of hydrogen-bond acceptors (Lipinski definition) is 5. The molecule has 1 amide bonds. The van der Waals surface area contributed by atoms with E-state index in [4.69, 9.17) is 0 Å². The summed E-state index contributed by atoms with van der Waals surface area (Å²) >= 11 is 1.51. The third-order valence-electron chi connectivity index (χ3n) is 4.42. The van der Waals surface area contributed by atoms with Crippen molar-refractivity contribution in [3.8, 4) is 11.4 Å². The van der Waals surface area contributed by atoms with Crippen molar-refractivity contribution in [1.82, 2.24) is 19.4 Å². The monoisotopic (exact) mass is 419 g/mol. The number of hydrogen-bond donors (Lipinski definition) is 2. The van der Waals surface area contributed by atoms with Crippen LogP contribution >= 0.6 is 11.8 Å². The molecule has 0 aliphatic carbocycles. The second kappa shape index (κ2) is 8.54. The molecule has 1 aromatic carbocycles. The van der Waals surface area contributed by atoms with Gasteiger partial charge in [0, 0.05) is 41.2 Å². The van der Waals surface area contributed by atoms with Crippen LogP contribution < -0.4 is 10.9 Å². The Labute approximate surface area is 177 Å². The van der Waals surface area contributed by atoms with Gasteiger partial charge in [0.2, 0.25) is 5.91 Å². The molecule has 0 saturated heterocycles. The quantitative estimate of drug-likeness (QED) is 0.498. The van der Waals surface area contributed by atoms with Crippen LogP contribution in [0.25, 0.3) is 17.0 Å². The van der Waals surface area contributed by atoms with Gasteiger partial charge in [-0.25, -0.2) is 9.97 Å². The lowest BCUT2D eigenvalue weighted by atomic mass is 10.2. The summed E-state index contributed by atoms with van der Waals surface area (Å²) in [5.41, 5.74) is 4.85. The summed E-state index contributed by atoms with van der Waals surface area (Å²) in [5, 5.41) is 2.90. The van der Waals surface area contributed by atoms with Crippen molar-refractivity contribution in [1.29, 1.82) is 0 Å². The normalized spacial score (nSPS) is 11.0. The number of pyridine rings is 1. The number of carbonyl (C=O) groups is 1. The van der Waals surface area contributed by atoms with E-state index in [-0.39, 0.29) is 11.5 Å². The van der Waals surface area contributed by atoms with E-state index in [1.54, 1.807) is 13.0 Å². The van der Waals surface area contributed by atoms with Gasteiger partial charge in [-0.3, -0.25) is 9.59 Å². The van der Waals surface area contributed by atoms with Gasteiger partial charge in [-0.2, -0.15) is 0 Å². The minimum Gasteiger partial charge on any atom is -0.325 e. The number of nitrogens with one attached hydrogen (secondary N) is 2. The Balaban J connectivity index is 1.36. The molecule has 0 spiro atoms. The van der Waals surface area contributed by atoms with E-state index in [0.717, 1.165) is 16.9 Å². The van der Waals surface area contributed by atoms with Crippen LogP contribution in [0.4, 0.5) is 5.69 Å². The third kappa shape index (κ3) is 4.77. The first-order chi connectivity index (χ1) is 14.5. The molecule has 30 heavy (non-hydrogen) atoms. The lowest BCUT2D eigenvalue weighted by Crippen LogP contribution is -2.14. The summed E-state index contributed by atoms with van der Waals surface area (Å²) in [5.74, 6) is 1.36. The van der Waals surface area contributed by atoms with Crippen LogP contribution in [-0.2, 0) is 10.5 Å². The number of aromatic nitrogens is 4. The Morgan fingerprint density at radius 2 is 2.00 bits per heavy atom. The summed E-state index contributed by atoms with van der Waals surface area (Å²) in [7, 11) is 0. The van der Waals surface area contributed by atoms with Gasteiger partial charge in [-0.1, -0.05) is 18.2 Å². The summed E-state index contributed by atoms with van der Waals surface area (Å²) in [6, 6.07) is 12.7. The highest BCUT2D eigenvalue weighted by Gasteiger charge is 2.08. The van der Waals surface area contributed by atoms with Crippen LogP contribution in [0.5, 0.6) is 0 Å². The van der Waals surface area contributed by atoms with Gasteiger partial charge < -0.3 is 14.7 Å². The predicted molar refractivity (Wildman–Crippen MR) is 120 cm³/mol. The van der Waals surface area contributed by atoms with Gasteiger partial charge in [0.25, 0.3) is 5.56 Å². The topological polar surface area (TPSA) is 92.2 Å². The summed E-state index contributed by atoms with van der Waals surface area (Å²) in [6.07, 6.45) is 4.03. The molecule has 0 unspecified atom stereocenters. The molecule has 0 aliphatic heterocycles. The zero-order valence-electron chi connectivity index (χ0n) is 16.7. The van der Waals surface area contributed by atoms with Crippen LogP contribution in [0, 0.1) is 13.8 Å². The van der Waals surface area contributed by atoms with Crippen molar-refractivity contribution < 1.29 is 4.79 Å². The van der Waals surface area contributed by atoms with Crippen molar-refractivity contribution in [2.75, 3.05) is 11.1 Å². The van der Waals surface area contributed by atoms with Crippen LogP contribution in [0.2, 0.25) is 0 Å². The van der Waals surface area contributed by atoms with Crippen LogP contribution in [0.1, 0.15) is 17.0 Å². The number of nitrogens with zero attached hydrogens (tertiary/aromatic N) is 3. The maximum absolute atomic E-state index is 12.3. The molecule has 0 atom stereocenters. The molecule has 0 aliphatic rings. The Morgan fingerprint density at radius 3 is 2.83 bits per heavy atom. The molecule has 4 rings (SSSR count). The second-order valence-electron chi connectivity index (χ2n) is 7.06. The van der Waals surface area contributed by atoms with E-state index in [1.165, 1.54) is 23.4 Å². The molecule has 152 valence electrons. The molecule has 3 heterocycles. The van der Waals surface area contributed by atoms with Gasteiger partial charge in [0.1, 0.15) is 11.5 Å². The molecule has 8 heteroatoms. The molecular formula is C22H21N5O2S. The second-order valence-corrected chi connectivity index (χ2v) is 8.05. The third-order valence-corrected chi connectivity index (χ3v) is 5.39. The van der Waals surface area contributed by atoms with Crippen molar-refractivity contribution >= 4 is 29.0 Å². The minimum atomic E-state index is -0.203. The number of fused-ring (bicyclic) bond motifs is 1. The molecule has 0 bridgehead atoms. The number of anilines is 1. The lowest BCUT2D eigenvalue weighted by molar-refractivity contribution is -0.113. The standard InChI is InChI=1S/C22H21N5O2S/c1-14-6-7-19-24-18(11-27(19)10-14)12-30-13-21(29)25-17-5-3-4-16(9-17)22-23-15(2)8-20(28)26-22/h3-11H,12-13H2,1-2H3,(H,25,29)(H,23,26,28). The summed E-state index contributed by atoms with van der Waals surface area (Å²) < 4.78 is 2.00. The van der Waals surface area contributed by atoms with E-state index in [0.29, 0.717) is 28.7 Å². The molecule has 0 saturated carbocycles. The molecule has 7 nitrogen and oxygen atoms in total. The summed E-state index contributed by atoms with van der Waals surface area (Å²) in [4.78, 5) is 35.7. The van der Waals surface area contributed by atoms with Crippen molar-refractivity contribution in [3.63, 3.8) is 0 Å². The van der Waals surface area contributed by atoms with Gasteiger partial charge in [-0.05, 0) is 37.6 Å². The molecule has 2 N–H and O–H groups in total. The Kier molecular flexibility index (Phi) is 5.67. The van der Waals surface area contributed by atoms with Crippen LogP contribution in [-0.4, -0.2) is 31.0 Å². The van der Waals surface area contributed by atoms with E-state index >= 15 is 0 Å². The van der Waals surface area contributed by atoms with Crippen LogP contribution in [0.15, 0.2) is 59.7 Å². The highest BCUT2D eigenvalue weighted by Crippen LogP contribution is 2.19. The maximum Gasteiger partial charge on any atom is 0.251 e. The van der Waals surface area contributed by atoms with Gasteiger partial charge >= 0.3 is 0 Å². The Hall–Kier alpha value is -3.39. The average Bonchev–Trinajstić information content (AvgIpc) is 3.09. The predicted octanol–water partition coefficient (Wildman–Crippen LogP) is 3.57. The molecule has 4 aromatic rings. The van der Waals surface area contributed by atoms with E-state index in [1.807, 2.05) is 54.0 Å². The Morgan fingerprint density at radius 1 is 1.13 bits per heavy atom. The van der Waals surface area contributed by atoms with Gasteiger partial charge in [0.05, 0.1) is 11.4 Å². The number of rotatable bonds is 6. The fourth-order valence-electron chi connectivity index (χ4n) is 3.13. The first kappa shape index (κ1) is 19.9. The fraction of sp³-hybridized carbons (Fsp3) is 0.182. The number of benzene rings is 1. The molecule has 0 fully saturated rings. The number of aryl methyl sites for hydroxylation is 2. The number of carbonyl (C=O) groups excluding carboxylic acids is 1. The fourth-order valence-corrected chi connectivity index (χ4v) is 3.84. The van der Waals surface area contributed by atoms with E-state index in [9.17, 15) is 9.59 Å². The number of amides is 1. The highest BCUT2D eigenvalue weighted by molar-refractivity contribution is 7.99. The van der Waals surface area contributed by atoms with E-state index < -0.39 is 0 Å². The van der Waals surface area contributed by atoms with Gasteiger partial charge in [-0.15, -0.1) is 11.8 Å². The number of aromatic amines is 1. The number of H-pyrrole nitrogens is 1. The lowest BCUT2D eigenvalue weighted by Gasteiger charge is -2.07. The maximum atomic E-state index is 12.3. The van der Waals surface area contributed by atoms with Gasteiger partial charge in [0.15, 0.2) is 0 Å². The molecular weight excluding hydrogens is 398 g/mol. The zero-order chi connectivity index (χ0) is 21.1. The van der Waals surface area contributed by atoms with E-state index in [2.05, 4.69) is 20.3 Å². The number of imidazole rings is 1. The first-order valence-electron chi connectivity index (χ1n) is 9.46. The van der Waals surface area contributed by atoms with Crippen molar-refractivity contribution in [2.45, 2.75) is 19.6 Å². The smallest absolute Gasteiger partial charge is 0.251 e.